The standard InChI is InChI=1S/C23H29N7O2/c1-15-9-16(2)30(28-15)22-7-5-19(10-24-22)11-26-23(31)27-20-6-8-21(25-12-20)29-13-17(3)32-18(4)14-29/h5-10,12,17-18H,11,13-14H2,1-4H3,(H2,26,27,31)/t17-,18+. The number of pyridine rings is 2. The van der Waals surface area contributed by atoms with Crippen LogP contribution in [0.4, 0.5) is 16.3 Å². The van der Waals surface area contributed by atoms with E-state index in [-0.39, 0.29) is 18.2 Å². The Morgan fingerprint density at radius 1 is 1.06 bits per heavy atom. The van der Waals surface area contributed by atoms with Gasteiger partial charge in [0.2, 0.25) is 0 Å². The van der Waals surface area contributed by atoms with E-state index in [1.54, 1.807) is 17.1 Å². The fourth-order valence-electron chi connectivity index (χ4n) is 3.88. The van der Waals surface area contributed by atoms with Crippen LogP contribution in [0.5, 0.6) is 0 Å². The summed E-state index contributed by atoms with van der Waals surface area (Å²) in [6.45, 7) is 10.0. The number of aromatic nitrogens is 4. The molecule has 9 heteroatoms. The fraction of sp³-hybridized carbons (Fsp3) is 0.391. The quantitative estimate of drug-likeness (QED) is 0.639. The second-order valence-electron chi connectivity index (χ2n) is 8.24. The summed E-state index contributed by atoms with van der Waals surface area (Å²) in [5.74, 6) is 1.63. The largest absolute Gasteiger partial charge is 0.372 e. The Labute approximate surface area is 187 Å². The van der Waals surface area contributed by atoms with Crippen LogP contribution in [-0.2, 0) is 11.3 Å². The molecule has 4 rings (SSSR count). The first-order chi connectivity index (χ1) is 15.4. The van der Waals surface area contributed by atoms with Gasteiger partial charge in [0.05, 0.1) is 29.8 Å². The molecule has 2 atom stereocenters. The van der Waals surface area contributed by atoms with Crippen molar-refractivity contribution in [2.75, 3.05) is 23.3 Å². The van der Waals surface area contributed by atoms with Crippen LogP contribution in [0.1, 0.15) is 30.8 Å². The first-order valence-corrected chi connectivity index (χ1v) is 10.8. The molecule has 0 bridgehead atoms. The molecule has 4 heterocycles. The summed E-state index contributed by atoms with van der Waals surface area (Å²) in [6, 6.07) is 9.31. The molecule has 0 radical (unpaired) electrons. The number of nitrogens with one attached hydrogen (secondary N) is 2. The Morgan fingerprint density at radius 2 is 1.78 bits per heavy atom. The van der Waals surface area contributed by atoms with E-state index in [9.17, 15) is 4.79 Å². The summed E-state index contributed by atoms with van der Waals surface area (Å²) >= 11 is 0. The number of carbonyl (C=O) groups excluding carboxylic acids is 1. The van der Waals surface area contributed by atoms with Crippen molar-refractivity contribution in [2.45, 2.75) is 46.4 Å². The van der Waals surface area contributed by atoms with Gasteiger partial charge in [-0.2, -0.15) is 5.10 Å². The van der Waals surface area contributed by atoms with Gasteiger partial charge in [0, 0.05) is 31.5 Å². The monoisotopic (exact) mass is 435 g/mol. The van der Waals surface area contributed by atoms with E-state index < -0.39 is 0 Å². The number of anilines is 2. The van der Waals surface area contributed by atoms with Crippen LogP contribution in [-0.4, -0.2) is 51.1 Å². The Kier molecular flexibility index (Phi) is 6.36. The van der Waals surface area contributed by atoms with Crippen LogP contribution in [0.3, 0.4) is 0 Å². The Bertz CT molecular complexity index is 1050. The van der Waals surface area contributed by atoms with Gasteiger partial charge in [0.25, 0.3) is 0 Å². The average molecular weight is 436 g/mol. The van der Waals surface area contributed by atoms with Gasteiger partial charge in [-0.1, -0.05) is 6.07 Å². The summed E-state index contributed by atoms with van der Waals surface area (Å²) in [4.78, 5) is 23.4. The lowest BCUT2D eigenvalue weighted by Crippen LogP contribution is -2.45. The van der Waals surface area contributed by atoms with Crippen LogP contribution in [0.2, 0.25) is 0 Å². The highest BCUT2D eigenvalue weighted by Gasteiger charge is 2.23. The number of urea groups is 1. The van der Waals surface area contributed by atoms with E-state index in [0.29, 0.717) is 12.2 Å². The minimum Gasteiger partial charge on any atom is -0.372 e. The van der Waals surface area contributed by atoms with Crippen molar-refractivity contribution in [1.29, 1.82) is 0 Å². The molecule has 3 aromatic heterocycles. The van der Waals surface area contributed by atoms with E-state index in [1.165, 1.54) is 0 Å². The molecular weight excluding hydrogens is 406 g/mol. The Balaban J connectivity index is 1.29. The van der Waals surface area contributed by atoms with E-state index in [0.717, 1.165) is 41.7 Å². The van der Waals surface area contributed by atoms with Crippen molar-refractivity contribution in [2.24, 2.45) is 0 Å². The van der Waals surface area contributed by atoms with Crippen molar-refractivity contribution in [3.8, 4) is 5.82 Å². The van der Waals surface area contributed by atoms with Gasteiger partial charge in [-0.25, -0.2) is 19.4 Å². The van der Waals surface area contributed by atoms with Crippen molar-refractivity contribution in [3.05, 3.63) is 59.7 Å². The Morgan fingerprint density at radius 3 is 2.38 bits per heavy atom. The smallest absolute Gasteiger partial charge is 0.319 e. The maximum absolute atomic E-state index is 12.3. The predicted octanol–water partition coefficient (Wildman–Crippen LogP) is 3.21. The van der Waals surface area contributed by atoms with Gasteiger partial charge in [-0.05, 0) is 57.5 Å². The van der Waals surface area contributed by atoms with Gasteiger partial charge in [-0.3, -0.25) is 0 Å². The van der Waals surface area contributed by atoms with E-state index in [2.05, 4.69) is 44.4 Å². The molecule has 1 aliphatic rings. The van der Waals surface area contributed by atoms with Gasteiger partial charge < -0.3 is 20.3 Å². The number of carbonyl (C=O) groups is 1. The lowest BCUT2D eigenvalue weighted by molar-refractivity contribution is -0.00545. The number of rotatable bonds is 5. The lowest BCUT2D eigenvalue weighted by atomic mass is 10.2. The molecule has 0 saturated carbocycles. The minimum absolute atomic E-state index is 0.167. The molecule has 9 nitrogen and oxygen atoms in total. The molecule has 1 fully saturated rings. The van der Waals surface area contributed by atoms with Crippen LogP contribution in [0, 0.1) is 13.8 Å². The zero-order valence-corrected chi connectivity index (χ0v) is 18.9. The fourth-order valence-corrected chi connectivity index (χ4v) is 3.88. The second kappa shape index (κ2) is 9.35. The molecule has 2 N–H and O–H groups in total. The van der Waals surface area contributed by atoms with Crippen LogP contribution >= 0.6 is 0 Å². The van der Waals surface area contributed by atoms with Gasteiger partial charge in [-0.15, -0.1) is 0 Å². The molecule has 0 unspecified atom stereocenters. The minimum atomic E-state index is -0.296. The van der Waals surface area contributed by atoms with E-state index in [1.807, 2.05) is 44.2 Å². The van der Waals surface area contributed by atoms with Crippen molar-refractivity contribution in [1.82, 2.24) is 25.1 Å². The summed E-state index contributed by atoms with van der Waals surface area (Å²) in [7, 11) is 0. The first-order valence-electron chi connectivity index (χ1n) is 10.8. The van der Waals surface area contributed by atoms with Crippen LogP contribution in [0.15, 0.2) is 42.7 Å². The molecule has 0 aliphatic carbocycles. The van der Waals surface area contributed by atoms with Gasteiger partial charge in [0.15, 0.2) is 5.82 Å². The van der Waals surface area contributed by atoms with Gasteiger partial charge in [0.1, 0.15) is 5.82 Å². The molecule has 1 saturated heterocycles. The number of aryl methyl sites for hydroxylation is 2. The molecule has 32 heavy (non-hydrogen) atoms. The number of hydrogen-bond acceptors (Lipinski definition) is 6. The Hall–Kier alpha value is -3.46. The number of ether oxygens (including phenoxy) is 1. The molecule has 168 valence electrons. The normalized spacial score (nSPS) is 18.4. The third-order valence-corrected chi connectivity index (χ3v) is 5.24. The van der Waals surface area contributed by atoms with Crippen molar-refractivity contribution < 1.29 is 9.53 Å². The number of nitrogens with zero attached hydrogens (tertiary/aromatic N) is 5. The molecule has 1 aliphatic heterocycles. The average Bonchev–Trinajstić information content (AvgIpc) is 3.10. The molecule has 0 aromatic carbocycles. The number of morpholine rings is 1. The molecular formula is C23H29N7O2. The van der Waals surface area contributed by atoms with Gasteiger partial charge >= 0.3 is 6.03 Å². The third-order valence-electron chi connectivity index (χ3n) is 5.24. The summed E-state index contributed by atoms with van der Waals surface area (Å²) in [6.07, 6.45) is 3.75. The number of hydrogen-bond donors (Lipinski definition) is 2. The molecule has 0 spiro atoms. The van der Waals surface area contributed by atoms with E-state index >= 15 is 0 Å². The van der Waals surface area contributed by atoms with Crippen LogP contribution < -0.4 is 15.5 Å². The topological polar surface area (TPSA) is 97.2 Å². The highest BCUT2D eigenvalue weighted by molar-refractivity contribution is 5.89. The zero-order chi connectivity index (χ0) is 22.7. The lowest BCUT2D eigenvalue weighted by Gasteiger charge is -2.36. The second-order valence-corrected chi connectivity index (χ2v) is 8.24. The highest BCUT2D eigenvalue weighted by Crippen LogP contribution is 2.19. The molecule has 2 amide bonds. The third kappa shape index (κ3) is 5.23. The summed E-state index contributed by atoms with van der Waals surface area (Å²) < 4.78 is 7.57. The maximum atomic E-state index is 12.3. The zero-order valence-electron chi connectivity index (χ0n) is 18.9. The number of amides is 2. The first kappa shape index (κ1) is 21.8. The van der Waals surface area contributed by atoms with Crippen LogP contribution in [0.25, 0.3) is 5.82 Å². The van der Waals surface area contributed by atoms with E-state index in [4.69, 9.17) is 4.74 Å². The molecule has 3 aromatic rings. The SMILES string of the molecule is Cc1cc(C)n(-c2ccc(CNC(=O)Nc3ccc(N4C[C@@H](C)O[C@@H](C)C4)nc3)cn2)n1. The highest BCUT2D eigenvalue weighted by atomic mass is 16.5. The maximum Gasteiger partial charge on any atom is 0.319 e. The van der Waals surface area contributed by atoms with Crippen molar-refractivity contribution >= 4 is 17.5 Å². The van der Waals surface area contributed by atoms with Crippen molar-refractivity contribution in [3.63, 3.8) is 0 Å². The predicted molar refractivity (Wildman–Crippen MR) is 123 cm³/mol. The summed E-state index contributed by atoms with van der Waals surface area (Å²) in [5.41, 5.74) is 3.51. The summed E-state index contributed by atoms with van der Waals surface area (Å²) in [5, 5.41) is 10.1.